The van der Waals surface area contributed by atoms with Gasteiger partial charge in [0.15, 0.2) is 0 Å². The molecule has 1 saturated heterocycles. The zero-order chi connectivity index (χ0) is 14.0. The van der Waals surface area contributed by atoms with E-state index in [0.717, 1.165) is 11.8 Å². The highest BCUT2D eigenvalue weighted by Gasteiger charge is 2.45. The number of benzene rings is 1. The van der Waals surface area contributed by atoms with Gasteiger partial charge in [-0.2, -0.15) is 0 Å². The van der Waals surface area contributed by atoms with Crippen LogP contribution in [0.4, 0.5) is 0 Å². The van der Waals surface area contributed by atoms with Crippen molar-refractivity contribution in [2.45, 2.75) is 39.3 Å². The normalized spacial score (nSPS) is 22.1. The Bertz CT molecular complexity index is 470. The minimum Gasteiger partial charge on any atom is -0.367 e. The largest absolute Gasteiger partial charge is 0.367 e. The van der Waals surface area contributed by atoms with E-state index in [1.807, 2.05) is 51.1 Å². The number of nitrogens with zero attached hydrogens (tertiary/aromatic N) is 1. The van der Waals surface area contributed by atoms with Gasteiger partial charge in [-0.3, -0.25) is 4.79 Å². The van der Waals surface area contributed by atoms with Crippen LogP contribution in [0.1, 0.15) is 38.8 Å². The summed E-state index contributed by atoms with van der Waals surface area (Å²) >= 11 is 0. The average molecular weight is 261 g/mol. The van der Waals surface area contributed by atoms with Crippen LogP contribution in [-0.2, 0) is 14.4 Å². The van der Waals surface area contributed by atoms with Crippen LogP contribution in [-0.4, -0.2) is 23.4 Å². The SMILES string of the molecule is C[C@@H](c1ccccc1)N1OC(=O)C[C@@H]1C(C)(C)C=O. The maximum Gasteiger partial charge on any atom is 0.326 e. The third kappa shape index (κ3) is 2.68. The fourth-order valence-corrected chi connectivity index (χ4v) is 2.36. The maximum atomic E-state index is 11.6. The third-order valence-electron chi connectivity index (χ3n) is 3.70. The molecule has 0 unspecified atom stereocenters. The summed E-state index contributed by atoms with van der Waals surface area (Å²) in [6.07, 6.45) is 1.15. The minimum atomic E-state index is -0.616. The molecule has 0 aliphatic carbocycles. The van der Waals surface area contributed by atoms with Gasteiger partial charge in [0.1, 0.15) is 6.29 Å². The van der Waals surface area contributed by atoms with Gasteiger partial charge in [0.05, 0.1) is 18.5 Å². The quantitative estimate of drug-likeness (QED) is 0.781. The molecule has 2 atom stereocenters. The number of hydroxylamine groups is 2. The van der Waals surface area contributed by atoms with Gasteiger partial charge in [0.2, 0.25) is 0 Å². The predicted molar refractivity (Wildman–Crippen MR) is 71.0 cm³/mol. The van der Waals surface area contributed by atoms with E-state index in [4.69, 9.17) is 4.84 Å². The molecule has 0 amide bonds. The lowest BCUT2D eigenvalue weighted by Crippen LogP contribution is -2.42. The molecular weight excluding hydrogens is 242 g/mol. The molecule has 0 saturated carbocycles. The lowest BCUT2D eigenvalue weighted by molar-refractivity contribution is -0.193. The Balaban J connectivity index is 2.27. The zero-order valence-corrected chi connectivity index (χ0v) is 11.5. The second-order valence-electron chi connectivity index (χ2n) is 5.57. The highest BCUT2D eigenvalue weighted by atomic mass is 16.7. The molecule has 4 heteroatoms. The number of hydrogen-bond donors (Lipinski definition) is 0. The summed E-state index contributed by atoms with van der Waals surface area (Å²) in [5.41, 5.74) is 0.443. The standard InChI is InChI=1S/C15H19NO3/c1-11(12-7-5-4-6-8-12)16-13(9-14(18)19-16)15(2,3)10-17/h4-8,10-11,13H,9H2,1-3H3/t11-,13+/m0/s1. The average Bonchev–Trinajstić information content (AvgIpc) is 2.82. The molecule has 0 aromatic heterocycles. The molecule has 1 heterocycles. The summed E-state index contributed by atoms with van der Waals surface area (Å²) in [6, 6.07) is 9.51. The van der Waals surface area contributed by atoms with Gasteiger partial charge < -0.3 is 9.63 Å². The highest BCUT2D eigenvalue weighted by Crippen LogP contribution is 2.36. The smallest absolute Gasteiger partial charge is 0.326 e. The molecule has 1 aliphatic heterocycles. The Morgan fingerprint density at radius 1 is 1.37 bits per heavy atom. The van der Waals surface area contributed by atoms with Crippen molar-refractivity contribution in [3.05, 3.63) is 35.9 Å². The lowest BCUT2D eigenvalue weighted by atomic mass is 9.83. The molecule has 102 valence electrons. The van der Waals surface area contributed by atoms with E-state index in [9.17, 15) is 9.59 Å². The van der Waals surface area contributed by atoms with E-state index in [1.165, 1.54) is 0 Å². The van der Waals surface area contributed by atoms with Crippen LogP contribution < -0.4 is 0 Å². The molecule has 2 rings (SSSR count). The first kappa shape index (κ1) is 13.7. The van der Waals surface area contributed by atoms with Gasteiger partial charge in [0, 0.05) is 5.41 Å². The number of carbonyl (C=O) groups is 2. The topological polar surface area (TPSA) is 46.6 Å². The van der Waals surface area contributed by atoms with Crippen molar-refractivity contribution in [2.24, 2.45) is 5.41 Å². The predicted octanol–water partition coefficient (Wildman–Crippen LogP) is 2.51. The van der Waals surface area contributed by atoms with Crippen molar-refractivity contribution >= 4 is 12.3 Å². The van der Waals surface area contributed by atoms with Gasteiger partial charge in [0.25, 0.3) is 0 Å². The molecule has 0 radical (unpaired) electrons. The Labute approximate surface area is 113 Å². The van der Waals surface area contributed by atoms with E-state index in [-0.39, 0.29) is 24.5 Å². The molecule has 19 heavy (non-hydrogen) atoms. The Kier molecular flexibility index (Phi) is 3.71. The summed E-state index contributed by atoms with van der Waals surface area (Å²) in [4.78, 5) is 28.1. The van der Waals surface area contributed by atoms with E-state index < -0.39 is 5.41 Å². The Morgan fingerprint density at radius 3 is 2.58 bits per heavy atom. The van der Waals surface area contributed by atoms with Crippen molar-refractivity contribution in [1.29, 1.82) is 0 Å². The number of carbonyl (C=O) groups excluding carboxylic acids is 2. The molecule has 0 bridgehead atoms. The molecule has 0 N–H and O–H groups in total. The highest BCUT2D eigenvalue weighted by molar-refractivity contribution is 5.73. The van der Waals surface area contributed by atoms with Gasteiger partial charge in [-0.15, -0.1) is 5.06 Å². The molecular formula is C15H19NO3. The van der Waals surface area contributed by atoms with E-state index in [1.54, 1.807) is 5.06 Å². The fourth-order valence-electron chi connectivity index (χ4n) is 2.36. The summed E-state index contributed by atoms with van der Waals surface area (Å²) in [7, 11) is 0. The van der Waals surface area contributed by atoms with E-state index in [0.29, 0.717) is 0 Å². The fraction of sp³-hybridized carbons (Fsp3) is 0.467. The number of rotatable bonds is 4. The lowest BCUT2D eigenvalue weighted by Gasteiger charge is -2.34. The van der Waals surface area contributed by atoms with E-state index >= 15 is 0 Å². The number of aldehydes is 1. The van der Waals surface area contributed by atoms with Crippen LogP contribution in [0.5, 0.6) is 0 Å². The molecule has 1 aromatic carbocycles. The van der Waals surface area contributed by atoms with Crippen molar-refractivity contribution < 1.29 is 14.4 Å². The maximum absolute atomic E-state index is 11.6. The molecule has 1 fully saturated rings. The van der Waals surface area contributed by atoms with Crippen molar-refractivity contribution in [2.75, 3.05) is 0 Å². The van der Waals surface area contributed by atoms with Gasteiger partial charge in [-0.25, -0.2) is 0 Å². The summed E-state index contributed by atoms with van der Waals surface area (Å²) < 4.78 is 0. The molecule has 4 nitrogen and oxygen atoms in total. The number of hydrogen-bond acceptors (Lipinski definition) is 4. The monoisotopic (exact) mass is 261 g/mol. The minimum absolute atomic E-state index is 0.0723. The summed E-state index contributed by atoms with van der Waals surface area (Å²) in [5.74, 6) is -0.275. The van der Waals surface area contributed by atoms with Crippen molar-refractivity contribution in [3.8, 4) is 0 Å². The van der Waals surface area contributed by atoms with Crippen LogP contribution in [0.3, 0.4) is 0 Å². The van der Waals surface area contributed by atoms with Gasteiger partial charge >= 0.3 is 5.97 Å². The van der Waals surface area contributed by atoms with E-state index in [2.05, 4.69) is 0 Å². The second kappa shape index (κ2) is 5.13. The molecule has 1 aromatic rings. The molecule has 1 aliphatic rings. The van der Waals surface area contributed by atoms with Crippen LogP contribution in [0.2, 0.25) is 0 Å². The first-order valence-electron chi connectivity index (χ1n) is 6.46. The zero-order valence-electron chi connectivity index (χ0n) is 11.5. The van der Waals surface area contributed by atoms with Crippen LogP contribution in [0.25, 0.3) is 0 Å². The van der Waals surface area contributed by atoms with Crippen LogP contribution >= 0.6 is 0 Å². The van der Waals surface area contributed by atoms with Crippen LogP contribution in [0.15, 0.2) is 30.3 Å². The Hall–Kier alpha value is -1.68. The second-order valence-corrected chi connectivity index (χ2v) is 5.57. The van der Waals surface area contributed by atoms with Crippen molar-refractivity contribution in [1.82, 2.24) is 5.06 Å². The van der Waals surface area contributed by atoms with Crippen molar-refractivity contribution in [3.63, 3.8) is 0 Å². The van der Waals surface area contributed by atoms with Gasteiger partial charge in [-0.1, -0.05) is 44.2 Å². The summed E-state index contributed by atoms with van der Waals surface area (Å²) in [6.45, 7) is 5.64. The van der Waals surface area contributed by atoms with Crippen LogP contribution in [0, 0.1) is 5.41 Å². The molecule has 0 spiro atoms. The third-order valence-corrected chi connectivity index (χ3v) is 3.70. The van der Waals surface area contributed by atoms with Gasteiger partial charge in [-0.05, 0) is 12.5 Å². The Morgan fingerprint density at radius 2 is 2.00 bits per heavy atom. The summed E-state index contributed by atoms with van der Waals surface area (Å²) in [5, 5.41) is 1.66. The first-order chi connectivity index (χ1) is 8.95. The first-order valence-corrected chi connectivity index (χ1v) is 6.46.